The van der Waals surface area contributed by atoms with Crippen molar-refractivity contribution >= 4 is 29.2 Å². The van der Waals surface area contributed by atoms with Gasteiger partial charge in [-0.1, -0.05) is 24.3 Å². The fourth-order valence-electron chi connectivity index (χ4n) is 4.52. The molecule has 2 aromatic carbocycles. The maximum absolute atomic E-state index is 14.5. The molecule has 0 atom stereocenters. The average Bonchev–Trinajstić information content (AvgIpc) is 3.18. The van der Waals surface area contributed by atoms with E-state index in [9.17, 15) is 26.7 Å². The van der Waals surface area contributed by atoms with Crippen molar-refractivity contribution < 1.29 is 31.5 Å². The van der Waals surface area contributed by atoms with Crippen LogP contribution in [0.2, 0.25) is 0 Å². The van der Waals surface area contributed by atoms with E-state index in [-0.39, 0.29) is 47.7 Å². The Morgan fingerprint density at radius 3 is 2.46 bits per heavy atom. The van der Waals surface area contributed by atoms with Crippen LogP contribution in [0.4, 0.5) is 22.0 Å². The van der Waals surface area contributed by atoms with Gasteiger partial charge in [-0.15, -0.1) is 25.6 Å². The van der Waals surface area contributed by atoms with Crippen LogP contribution >= 0.6 is 12.4 Å². The SMILES string of the molecule is Cl.NCc1ccc(F)c(C2CCN(C(=O)c3cn(CCOC(F)(F)F)c4c(F)cccc34)CC2)c1. The number of carbonyl (C=O) groups excluding carboxylic acids is 1. The van der Waals surface area contributed by atoms with Crippen molar-refractivity contribution in [3.8, 4) is 0 Å². The minimum Gasteiger partial charge on any atom is -0.342 e. The van der Waals surface area contributed by atoms with Crippen LogP contribution in [0.15, 0.2) is 42.6 Å². The number of para-hydroxylation sites is 1. The number of piperidine rings is 1. The molecule has 190 valence electrons. The molecule has 1 saturated heterocycles. The molecular formula is C24H25ClF5N3O2. The van der Waals surface area contributed by atoms with Crippen LogP contribution in [-0.4, -0.2) is 41.4 Å². The Kier molecular flexibility index (Phi) is 8.40. The number of amides is 1. The number of rotatable bonds is 6. The van der Waals surface area contributed by atoms with Crippen molar-refractivity contribution in [2.24, 2.45) is 5.73 Å². The van der Waals surface area contributed by atoms with Crippen molar-refractivity contribution in [1.29, 1.82) is 0 Å². The lowest BCUT2D eigenvalue weighted by Crippen LogP contribution is -2.38. The van der Waals surface area contributed by atoms with E-state index in [1.54, 1.807) is 23.1 Å². The largest absolute Gasteiger partial charge is 0.522 e. The number of halogens is 6. The maximum Gasteiger partial charge on any atom is 0.522 e. The van der Waals surface area contributed by atoms with Crippen LogP contribution in [0.5, 0.6) is 0 Å². The minimum absolute atomic E-state index is 0. The van der Waals surface area contributed by atoms with Gasteiger partial charge in [-0.05, 0) is 42.0 Å². The number of hydrogen-bond donors (Lipinski definition) is 1. The quantitative estimate of drug-likeness (QED) is 0.448. The second-order valence-corrected chi connectivity index (χ2v) is 8.29. The van der Waals surface area contributed by atoms with Crippen molar-refractivity contribution in [1.82, 2.24) is 9.47 Å². The highest BCUT2D eigenvalue weighted by molar-refractivity contribution is 6.07. The zero-order valence-corrected chi connectivity index (χ0v) is 19.5. The first kappa shape index (κ1) is 26.9. The highest BCUT2D eigenvalue weighted by atomic mass is 35.5. The monoisotopic (exact) mass is 517 g/mol. The number of fused-ring (bicyclic) bond motifs is 1. The predicted octanol–water partition coefficient (Wildman–Crippen LogP) is 5.36. The number of ether oxygens (including phenoxy) is 1. The molecule has 0 bridgehead atoms. The van der Waals surface area contributed by atoms with Crippen LogP contribution in [0, 0.1) is 11.6 Å². The van der Waals surface area contributed by atoms with E-state index in [0.717, 1.165) is 5.56 Å². The molecule has 0 unspecified atom stereocenters. The van der Waals surface area contributed by atoms with Gasteiger partial charge in [0.25, 0.3) is 5.91 Å². The van der Waals surface area contributed by atoms with Gasteiger partial charge >= 0.3 is 6.36 Å². The van der Waals surface area contributed by atoms with E-state index in [1.807, 2.05) is 0 Å². The van der Waals surface area contributed by atoms with Gasteiger partial charge in [0, 0.05) is 37.8 Å². The zero-order chi connectivity index (χ0) is 24.5. The lowest BCUT2D eigenvalue weighted by molar-refractivity contribution is -0.325. The highest BCUT2D eigenvalue weighted by Gasteiger charge is 2.30. The zero-order valence-electron chi connectivity index (χ0n) is 18.7. The minimum atomic E-state index is -4.80. The first-order valence-electron chi connectivity index (χ1n) is 10.9. The van der Waals surface area contributed by atoms with E-state index in [4.69, 9.17) is 5.73 Å². The Bertz CT molecular complexity index is 1190. The van der Waals surface area contributed by atoms with Gasteiger partial charge in [0.2, 0.25) is 0 Å². The van der Waals surface area contributed by atoms with E-state index in [2.05, 4.69) is 4.74 Å². The standard InChI is InChI=1S/C24H24F5N3O2.ClH/c25-20-5-4-15(13-30)12-18(20)16-6-8-31(9-7-16)23(33)19-14-32(10-11-34-24(27,28)29)22-17(19)2-1-3-21(22)26;/h1-5,12,14,16H,6-11,13,30H2;1H. The molecule has 11 heteroatoms. The number of alkyl halides is 3. The van der Waals surface area contributed by atoms with Gasteiger partial charge in [-0.2, -0.15) is 0 Å². The number of aromatic nitrogens is 1. The Morgan fingerprint density at radius 1 is 1.09 bits per heavy atom. The summed E-state index contributed by atoms with van der Waals surface area (Å²) < 4.78 is 71.0. The van der Waals surface area contributed by atoms with E-state index in [1.165, 1.54) is 29.0 Å². The summed E-state index contributed by atoms with van der Waals surface area (Å²) in [7, 11) is 0. The van der Waals surface area contributed by atoms with Crippen molar-refractivity contribution in [2.45, 2.75) is 38.2 Å². The molecule has 1 amide bonds. The Hall–Kier alpha value is -2.69. The number of nitrogens with two attached hydrogens (primary N) is 1. The molecule has 0 aliphatic carbocycles. The Morgan fingerprint density at radius 2 is 1.80 bits per heavy atom. The molecule has 0 radical (unpaired) electrons. The predicted molar refractivity (Wildman–Crippen MR) is 123 cm³/mol. The van der Waals surface area contributed by atoms with Crippen LogP contribution in [0.25, 0.3) is 10.9 Å². The second-order valence-electron chi connectivity index (χ2n) is 8.29. The summed E-state index contributed by atoms with van der Waals surface area (Å²) in [6.07, 6.45) is -2.34. The summed E-state index contributed by atoms with van der Waals surface area (Å²) >= 11 is 0. The first-order chi connectivity index (χ1) is 16.2. The molecule has 1 fully saturated rings. The van der Waals surface area contributed by atoms with Crippen molar-refractivity contribution in [3.05, 3.63) is 70.9 Å². The average molecular weight is 518 g/mol. The van der Waals surface area contributed by atoms with Crippen LogP contribution < -0.4 is 5.73 Å². The number of nitrogens with zero attached hydrogens (tertiary/aromatic N) is 2. The molecular weight excluding hydrogens is 493 g/mol. The second kappa shape index (κ2) is 10.9. The van der Waals surface area contributed by atoms with Crippen LogP contribution in [-0.2, 0) is 17.8 Å². The molecule has 1 aliphatic heterocycles. The third-order valence-corrected chi connectivity index (χ3v) is 6.20. The summed E-state index contributed by atoms with van der Waals surface area (Å²) in [6, 6.07) is 9.01. The van der Waals surface area contributed by atoms with Crippen molar-refractivity contribution in [2.75, 3.05) is 19.7 Å². The lowest BCUT2D eigenvalue weighted by atomic mass is 9.88. The molecule has 4 rings (SSSR count). The summed E-state index contributed by atoms with van der Waals surface area (Å²) in [5, 5.41) is 0.320. The van der Waals surface area contributed by atoms with E-state index >= 15 is 0 Å². The molecule has 2 N–H and O–H groups in total. The normalized spacial score (nSPS) is 14.9. The molecule has 0 spiro atoms. The van der Waals surface area contributed by atoms with E-state index in [0.29, 0.717) is 43.4 Å². The lowest BCUT2D eigenvalue weighted by Gasteiger charge is -2.32. The topological polar surface area (TPSA) is 60.5 Å². The van der Waals surface area contributed by atoms with Gasteiger partial charge in [0.1, 0.15) is 11.6 Å². The molecule has 0 saturated carbocycles. The van der Waals surface area contributed by atoms with Gasteiger partial charge in [-0.3, -0.25) is 9.53 Å². The van der Waals surface area contributed by atoms with Crippen molar-refractivity contribution in [3.63, 3.8) is 0 Å². The first-order valence-corrected chi connectivity index (χ1v) is 10.9. The van der Waals surface area contributed by atoms with Crippen LogP contribution in [0.3, 0.4) is 0 Å². The summed E-state index contributed by atoms with van der Waals surface area (Å²) in [5.41, 5.74) is 7.33. The Balaban J connectivity index is 0.00000342. The molecule has 3 aromatic rings. The van der Waals surface area contributed by atoms with Gasteiger partial charge in [0.05, 0.1) is 17.7 Å². The molecule has 1 aliphatic rings. The summed E-state index contributed by atoms with van der Waals surface area (Å²) in [5.74, 6) is -1.35. The number of carbonyl (C=O) groups is 1. The van der Waals surface area contributed by atoms with E-state index < -0.39 is 18.8 Å². The number of benzene rings is 2. The number of hydrogen-bond acceptors (Lipinski definition) is 3. The molecule has 2 heterocycles. The molecule has 35 heavy (non-hydrogen) atoms. The third kappa shape index (κ3) is 5.94. The number of likely N-dealkylation sites (tertiary alicyclic amines) is 1. The smallest absolute Gasteiger partial charge is 0.342 e. The van der Waals surface area contributed by atoms with Crippen LogP contribution in [0.1, 0.15) is 40.2 Å². The van der Waals surface area contributed by atoms with Gasteiger partial charge in [-0.25, -0.2) is 8.78 Å². The Labute approximate surface area is 205 Å². The molecule has 1 aromatic heterocycles. The summed E-state index contributed by atoms with van der Waals surface area (Å²) in [4.78, 5) is 14.9. The summed E-state index contributed by atoms with van der Waals surface area (Å²) in [6.45, 7) is 0.0559. The van der Waals surface area contributed by atoms with Gasteiger partial charge in [0.15, 0.2) is 0 Å². The fraction of sp³-hybridized carbons (Fsp3) is 0.375. The molecule has 5 nitrogen and oxygen atoms in total. The third-order valence-electron chi connectivity index (χ3n) is 6.20. The maximum atomic E-state index is 14.5. The van der Waals surface area contributed by atoms with Gasteiger partial charge < -0.3 is 15.2 Å². The fourth-order valence-corrected chi connectivity index (χ4v) is 4.52. The highest BCUT2D eigenvalue weighted by Crippen LogP contribution is 2.32.